The van der Waals surface area contributed by atoms with Gasteiger partial charge in [0.25, 0.3) is 0 Å². The molecule has 0 atom stereocenters. The first-order valence-corrected chi connectivity index (χ1v) is 6.29. The molecule has 19 heavy (non-hydrogen) atoms. The van der Waals surface area contributed by atoms with Gasteiger partial charge in [-0.2, -0.15) is 0 Å². The molecule has 2 aromatic rings. The molecule has 0 bridgehead atoms. The molecule has 0 aromatic heterocycles. The van der Waals surface area contributed by atoms with Gasteiger partial charge in [0.2, 0.25) is 0 Å². The van der Waals surface area contributed by atoms with Crippen molar-refractivity contribution in [2.75, 3.05) is 5.73 Å². The zero-order chi connectivity index (χ0) is 13.7. The summed E-state index contributed by atoms with van der Waals surface area (Å²) < 4.78 is 5.68. The fraction of sp³-hybridized carbons (Fsp3) is 0.188. The molecule has 0 saturated heterocycles. The molecule has 0 aliphatic rings. The molecule has 0 spiro atoms. The number of ketones is 1. The van der Waals surface area contributed by atoms with Crippen molar-refractivity contribution < 1.29 is 9.53 Å². The van der Waals surface area contributed by atoms with Crippen LogP contribution in [0.3, 0.4) is 0 Å². The Morgan fingerprint density at radius 2 is 1.89 bits per heavy atom. The van der Waals surface area contributed by atoms with Crippen LogP contribution in [0.1, 0.15) is 29.3 Å². The van der Waals surface area contributed by atoms with Gasteiger partial charge in [-0.3, -0.25) is 4.79 Å². The number of anilines is 1. The number of benzene rings is 2. The molecule has 98 valence electrons. The van der Waals surface area contributed by atoms with Crippen molar-refractivity contribution >= 4 is 11.5 Å². The molecular formula is C16H17NO2. The van der Waals surface area contributed by atoms with E-state index in [1.54, 1.807) is 18.2 Å². The summed E-state index contributed by atoms with van der Waals surface area (Å²) in [4.78, 5) is 11.7. The number of Topliss-reactive ketones (excluding diaryl/α,β-unsaturated/α-hetero) is 1. The van der Waals surface area contributed by atoms with Crippen molar-refractivity contribution in [3.05, 3.63) is 59.7 Å². The van der Waals surface area contributed by atoms with E-state index in [9.17, 15) is 4.79 Å². The van der Waals surface area contributed by atoms with E-state index in [0.29, 0.717) is 30.0 Å². The van der Waals surface area contributed by atoms with Crippen LogP contribution in [0.25, 0.3) is 0 Å². The zero-order valence-corrected chi connectivity index (χ0v) is 10.9. The molecular weight excluding hydrogens is 238 g/mol. The molecule has 3 heteroatoms. The maximum absolute atomic E-state index is 11.7. The molecule has 0 heterocycles. The van der Waals surface area contributed by atoms with Crippen LogP contribution in [0.2, 0.25) is 0 Å². The predicted octanol–water partition coefficient (Wildman–Crippen LogP) is 3.44. The van der Waals surface area contributed by atoms with Gasteiger partial charge in [0.1, 0.15) is 12.4 Å². The summed E-state index contributed by atoms with van der Waals surface area (Å²) in [7, 11) is 0. The Morgan fingerprint density at radius 1 is 1.16 bits per heavy atom. The lowest BCUT2D eigenvalue weighted by Crippen LogP contribution is -2.01. The van der Waals surface area contributed by atoms with Gasteiger partial charge in [-0.25, -0.2) is 0 Å². The number of nitrogen functional groups attached to an aromatic ring is 1. The second-order valence-electron chi connectivity index (χ2n) is 4.34. The van der Waals surface area contributed by atoms with Crippen LogP contribution in [0, 0.1) is 0 Å². The molecule has 0 saturated carbocycles. The van der Waals surface area contributed by atoms with E-state index in [4.69, 9.17) is 10.5 Å². The van der Waals surface area contributed by atoms with E-state index in [-0.39, 0.29) is 5.78 Å². The minimum atomic E-state index is 0.0665. The molecule has 2 rings (SSSR count). The van der Waals surface area contributed by atoms with Gasteiger partial charge >= 0.3 is 0 Å². The Bertz CT molecular complexity index is 564. The number of carbonyl (C=O) groups is 1. The lowest BCUT2D eigenvalue weighted by molar-refractivity contribution is 0.0987. The molecule has 0 amide bonds. The molecule has 0 unspecified atom stereocenters. The Hall–Kier alpha value is -2.29. The summed E-state index contributed by atoms with van der Waals surface area (Å²) in [6, 6.07) is 15.0. The monoisotopic (exact) mass is 255 g/mol. The molecule has 0 aliphatic heterocycles. The quantitative estimate of drug-likeness (QED) is 0.657. The van der Waals surface area contributed by atoms with Gasteiger partial charge in [-0.15, -0.1) is 0 Å². The average Bonchev–Trinajstić information content (AvgIpc) is 2.45. The first kappa shape index (κ1) is 13.1. The van der Waals surface area contributed by atoms with E-state index >= 15 is 0 Å². The second kappa shape index (κ2) is 6.05. The minimum Gasteiger partial charge on any atom is -0.489 e. The van der Waals surface area contributed by atoms with Crippen LogP contribution in [-0.4, -0.2) is 5.78 Å². The number of nitrogens with two attached hydrogens (primary N) is 1. The van der Waals surface area contributed by atoms with Crippen molar-refractivity contribution in [3.8, 4) is 5.75 Å². The molecule has 2 N–H and O–H groups in total. The highest BCUT2D eigenvalue weighted by atomic mass is 16.5. The lowest BCUT2D eigenvalue weighted by atomic mass is 10.1. The van der Waals surface area contributed by atoms with Crippen LogP contribution in [0.5, 0.6) is 5.75 Å². The summed E-state index contributed by atoms with van der Waals surface area (Å²) in [5, 5.41) is 0. The number of carbonyl (C=O) groups excluding carboxylic acids is 1. The molecule has 3 nitrogen and oxygen atoms in total. The number of ether oxygens (including phenoxy) is 1. The Labute approximate surface area is 113 Å². The van der Waals surface area contributed by atoms with Gasteiger partial charge < -0.3 is 10.5 Å². The average molecular weight is 255 g/mol. The van der Waals surface area contributed by atoms with Crippen molar-refractivity contribution in [2.24, 2.45) is 0 Å². The number of hydrogen-bond acceptors (Lipinski definition) is 3. The van der Waals surface area contributed by atoms with Gasteiger partial charge in [0.05, 0.1) is 0 Å². The summed E-state index contributed by atoms with van der Waals surface area (Å²) in [5.41, 5.74) is 8.01. The lowest BCUT2D eigenvalue weighted by Gasteiger charge is -2.09. The maximum Gasteiger partial charge on any atom is 0.162 e. The van der Waals surface area contributed by atoms with Crippen molar-refractivity contribution in [2.45, 2.75) is 20.0 Å². The Kier molecular flexibility index (Phi) is 4.18. The second-order valence-corrected chi connectivity index (χ2v) is 4.34. The number of rotatable bonds is 5. The van der Waals surface area contributed by atoms with Crippen LogP contribution < -0.4 is 10.5 Å². The van der Waals surface area contributed by atoms with E-state index in [1.165, 1.54) is 0 Å². The standard InChI is InChI=1S/C16H17NO2/c1-2-16(18)13-8-14(17)10-15(9-13)19-11-12-6-4-3-5-7-12/h3-10H,2,11,17H2,1H3. The third kappa shape index (κ3) is 3.58. The van der Waals surface area contributed by atoms with Crippen molar-refractivity contribution in [3.63, 3.8) is 0 Å². The van der Waals surface area contributed by atoms with E-state index in [0.717, 1.165) is 5.56 Å². The van der Waals surface area contributed by atoms with Crippen molar-refractivity contribution in [1.82, 2.24) is 0 Å². The topological polar surface area (TPSA) is 52.3 Å². The zero-order valence-electron chi connectivity index (χ0n) is 10.9. The first-order valence-electron chi connectivity index (χ1n) is 6.29. The largest absolute Gasteiger partial charge is 0.489 e. The summed E-state index contributed by atoms with van der Waals surface area (Å²) in [6.07, 6.45) is 0.460. The highest BCUT2D eigenvalue weighted by molar-refractivity contribution is 5.97. The van der Waals surface area contributed by atoms with Crippen LogP contribution in [0.4, 0.5) is 5.69 Å². The van der Waals surface area contributed by atoms with Crippen LogP contribution in [0.15, 0.2) is 48.5 Å². The fourth-order valence-electron chi connectivity index (χ4n) is 1.81. The molecule has 2 aromatic carbocycles. The highest BCUT2D eigenvalue weighted by Gasteiger charge is 2.06. The SMILES string of the molecule is CCC(=O)c1cc(N)cc(OCc2ccccc2)c1. The number of hydrogen-bond donors (Lipinski definition) is 1. The summed E-state index contributed by atoms with van der Waals surface area (Å²) in [6.45, 7) is 2.29. The Balaban J connectivity index is 2.12. The third-order valence-electron chi connectivity index (χ3n) is 2.82. The van der Waals surface area contributed by atoms with Crippen LogP contribution in [-0.2, 0) is 6.61 Å². The van der Waals surface area contributed by atoms with Gasteiger partial charge in [-0.1, -0.05) is 37.3 Å². The van der Waals surface area contributed by atoms with Gasteiger partial charge in [0, 0.05) is 23.7 Å². The van der Waals surface area contributed by atoms with Gasteiger partial charge in [-0.05, 0) is 17.7 Å². The molecule has 0 radical (unpaired) electrons. The maximum atomic E-state index is 11.7. The normalized spacial score (nSPS) is 10.2. The third-order valence-corrected chi connectivity index (χ3v) is 2.82. The summed E-state index contributed by atoms with van der Waals surface area (Å²) >= 11 is 0. The van der Waals surface area contributed by atoms with E-state index in [2.05, 4.69) is 0 Å². The van der Waals surface area contributed by atoms with Gasteiger partial charge in [0.15, 0.2) is 5.78 Å². The smallest absolute Gasteiger partial charge is 0.162 e. The van der Waals surface area contributed by atoms with Crippen LogP contribution >= 0.6 is 0 Å². The molecule has 0 fully saturated rings. The minimum absolute atomic E-state index is 0.0665. The highest BCUT2D eigenvalue weighted by Crippen LogP contribution is 2.21. The summed E-state index contributed by atoms with van der Waals surface area (Å²) in [5.74, 6) is 0.692. The first-order chi connectivity index (χ1) is 9.19. The van der Waals surface area contributed by atoms with Crippen molar-refractivity contribution in [1.29, 1.82) is 0 Å². The molecule has 0 aliphatic carbocycles. The van der Waals surface area contributed by atoms with E-state index in [1.807, 2.05) is 37.3 Å². The fourth-order valence-corrected chi connectivity index (χ4v) is 1.81. The Morgan fingerprint density at radius 3 is 2.58 bits per heavy atom. The van der Waals surface area contributed by atoms with E-state index < -0.39 is 0 Å². The predicted molar refractivity (Wildman–Crippen MR) is 76.2 cm³/mol.